The minimum absolute atomic E-state index is 0.143. The van der Waals surface area contributed by atoms with Crippen LogP contribution in [0.15, 0.2) is 51.0 Å². The topological polar surface area (TPSA) is 102 Å². The Balaban J connectivity index is 1.60. The van der Waals surface area contributed by atoms with Crippen molar-refractivity contribution in [2.45, 2.75) is 17.9 Å². The standard InChI is InChI=1S/C15H12N6O2S/c1-9-17-14-16-7-11(13(22)21(14)20-9)12-18-19-15(23-12)24-8-10-5-3-2-4-6-10/h2-7H,8H2,1H3,(H,16,17,20). The maximum atomic E-state index is 12.4. The van der Waals surface area contributed by atoms with Gasteiger partial charge in [-0.3, -0.25) is 9.89 Å². The second kappa shape index (κ2) is 5.93. The van der Waals surface area contributed by atoms with Gasteiger partial charge >= 0.3 is 0 Å². The van der Waals surface area contributed by atoms with Gasteiger partial charge < -0.3 is 4.42 Å². The molecule has 3 aromatic heterocycles. The Bertz CT molecular complexity index is 1050. The van der Waals surface area contributed by atoms with Crippen LogP contribution in [0, 0.1) is 6.92 Å². The van der Waals surface area contributed by atoms with Crippen LogP contribution in [-0.4, -0.2) is 29.8 Å². The number of thioether (sulfide) groups is 1. The number of hydrogen-bond donors (Lipinski definition) is 1. The van der Waals surface area contributed by atoms with Gasteiger partial charge in [-0.05, 0) is 12.5 Å². The number of aromatic nitrogens is 6. The van der Waals surface area contributed by atoms with Crippen molar-refractivity contribution in [1.82, 2.24) is 29.8 Å². The first-order chi connectivity index (χ1) is 11.7. The highest BCUT2D eigenvalue weighted by atomic mass is 32.2. The molecular weight excluding hydrogens is 328 g/mol. The van der Waals surface area contributed by atoms with Crippen molar-refractivity contribution in [3.05, 3.63) is 58.3 Å². The Morgan fingerprint density at radius 1 is 1.25 bits per heavy atom. The molecule has 0 spiro atoms. The van der Waals surface area contributed by atoms with Gasteiger partial charge in [0, 0.05) is 11.9 Å². The van der Waals surface area contributed by atoms with Crippen LogP contribution in [-0.2, 0) is 5.75 Å². The number of benzene rings is 1. The highest BCUT2D eigenvalue weighted by Crippen LogP contribution is 2.24. The van der Waals surface area contributed by atoms with Crippen LogP contribution < -0.4 is 5.56 Å². The first-order valence-corrected chi connectivity index (χ1v) is 8.14. The zero-order chi connectivity index (χ0) is 16.5. The normalized spacial score (nSPS) is 11.2. The number of rotatable bonds is 4. The largest absolute Gasteiger partial charge is 0.411 e. The predicted molar refractivity (Wildman–Crippen MR) is 87.6 cm³/mol. The molecule has 0 atom stereocenters. The molecule has 120 valence electrons. The lowest BCUT2D eigenvalue weighted by Crippen LogP contribution is -2.17. The molecule has 4 aromatic rings. The van der Waals surface area contributed by atoms with Gasteiger partial charge in [-0.1, -0.05) is 42.1 Å². The summed E-state index contributed by atoms with van der Waals surface area (Å²) in [5.74, 6) is 1.75. The lowest BCUT2D eigenvalue weighted by atomic mass is 10.2. The second-order valence-electron chi connectivity index (χ2n) is 5.07. The molecule has 9 heteroatoms. The Hall–Kier alpha value is -2.94. The summed E-state index contributed by atoms with van der Waals surface area (Å²) in [6.07, 6.45) is 1.40. The van der Waals surface area contributed by atoms with E-state index in [-0.39, 0.29) is 17.0 Å². The van der Waals surface area contributed by atoms with Gasteiger partial charge in [0.15, 0.2) is 0 Å². The van der Waals surface area contributed by atoms with E-state index in [1.165, 1.54) is 22.5 Å². The summed E-state index contributed by atoms with van der Waals surface area (Å²) < 4.78 is 6.84. The summed E-state index contributed by atoms with van der Waals surface area (Å²) in [4.78, 5) is 20.7. The van der Waals surface area contributed by atoms with Gasteiger partial charge in [0.1, 0.15) is 11.4 Å². The van der Waals surface area contributed by atoms with Crippen LogP contribution >= 0.6 is 11.8 Å². The van der Waals surface area contributed by atoms with Crippen LogP contribution in [0.2, 0.25) is 0 Å². The van der Waals surface area contributed by atoms with Crippen molar-refractivity contribution in [1.29, 1.82) is 0 Å². The molecule has 1 aromatic carbocycles. The summed E-state index contributed by atoms with van der Waals surface area (Å²) in [7, 11) is 0. The molecule has 0 saturated carbocycles. The Kier molecular flexibility index (Phi) is 3.62. The number of fused-ring (bicyclic) bond motifs is 1. The van der Waals surface area contributed by atoms with E-state index >= 15 is 0 Å². The zero-order valence-corrected chi connectivity index (χ0v) is 13.4. The fourth-order valence-electron chi connectivity index (χ4n) is 2.21. The average molecular weight is 340 g/mol. The summed E-state index contributed by atoms with van der Waals surface area (Å²) in [5, 5.41) is 11.2. The molecule has 0 aliphatic carbocycles. The molecule has 1 N–H and O–H groups in total. The van der Waals surface area contributed by atoms with Crippen LogP contribution in [0.5, 0.6) is 0 Å². The van der Waals surface area contributed by atoms with Gasteiger partial charge in [-0.25, -0.2) is 4.98 Å². The van der Waals surface area contributed by atoms with E-state index in [2.05, 4.69) is 25.3 Å². The third-order valence-electron chi connectivity index (χ3n) is 3.33. The van der Waals surface area contributed by atoms with Crippen molar-refractivity contribution < 1.29 is 4.42 Å². The number of aryl methyl sites for hydroxylation is 1. The van der Waals surface area contributed by atoms with E-state index in [4.69, 9.17) is 4.42 Å². The number of hydrogen-bond acceptors (Lipinski definition) is 7. The molecule has 0 amide bonds. The Morgan fingerprint density at radius 3 is 2.92 bits per heavy atom. The minimum Gasteiger partial charge on any atom is -0.411 e. The highest BCUT2D eigenvalue weighted by Gasteiger charge is 2.16. The SMILES string of the molecule is Cc1nc2ncc(-c3nnc(SCc4ccccc4)o3)c(=O)n2[nH]1. The molecule has 24 heavy (non-hydrogen) atoms. The average Bonchev–Trinajstić information content (AvgIpc) is 3.21. The summed E-state index contributed by atoms with van der Waals surface area (Å²) in [5.41, 5.74) is 1.05. The van der Waals surface area contributed by atoms with E-state index in [9.17, 15) is 4.79 Å². The van der Waals surface area contributed by atoms with Crippen molar-refractivity contribution in [2.75, 3.05) is 0 Å². The van der Waals surface area contributed by atoms with Gasteiger partial charge in [-0.15, -0.1) is 10.2 Å². The molecule has 0 aliphatic heterocycles. The molecule has 0 radical (unpaired) electrons. The lowest BCUT2D eigenvalue weighted by molar-refractivity contribution is 0.465. The van der Waals surface area contributed by atoms with Gasteiger partial charge in [0.05, 0.1) is 0 Å². The quantitative estimate of drug-likeness (QED) is 0.567. The van der Waals surface area contributed by atoms with Crippen molar-refractivity contribution in [3.8, 4) is 11.5 Å². The van der Waals surface area contributed by atoms with Crippen molar-refractivity contribution in [3.63, 3.8) is 0 Å². The van der Waals surface area contributed by atoms with E-state index in [1.54, 1.807) is 6.92 Å². The van der Waals surface area contributed by atoms with E-state index < -0.39 is 0 Å². The summed E-state index contributed by atoms with van der Waals surface area (Å²) >= 11 is 1.41. The molecule has 0 fully saturated rings. The van der Waals surface area contributed by atoms with Gasteiger partial charge in [0.25, 0.3) is 22.5 Å². The smallest absolute Gasteiger partial charge is 0.286 e. The molecule has 0 bridgehead atoms. The van der Waals surface area contributed by atoms with Crippen molar-refractivity contribution in [2.24, 2.45) is 0 Å². The zero-order valence-electron chi connectivity index (χ0n) is 12.6. The number of aromatic amines is 1. The summed E-state index contributed by atoms with van der Waals surface area (Å²) in [6, 6.07) is 9.96. The summed E-state index contributed by atoms with van der Waals surface area (Å²) in [6.45, 7) is 1.75. The number of nitrogens with one attached hydrogen (secondary N) is 1. The van der Waals surface area contributed by atoms with E-state index in [1.807, 2.05) is 30.3 Å². The first kappa shape index (κ1) is 14.6. The fourth-order valence-corrected chi connectivity index (χ4v) is 2.92. The Morgan fingerprint density at radius 2 is 2.08 bits per heavy atom. The monoisotopic (exact) mass is 340 g/mol. The molecule has 4 rings (SSSR count). The maximum absolute atomic E-state index is 12.4. The third kappa shape index (κ3) is 2.69. The number of H-pyrrole nitrogens is 1. The van der Waals surface area contributed by atoms with Crippen LogP contribution in [0.1, 0.15) is 11.4 Å². The highest BCUT2D eigenvalue weighted by molar-refractivity contribution is 7.98. The molecule has 0 aliphatic rings. The molecular formula is C15H12N6O2S. The fraction of sp³-hybridized carbons (Fsp3) is 0.133. The molecule has 0 saturated heterocycles. The third-order valence-corrected chi connectivity index (χ3v) is 4.22. The first-order valence-electron chi connectivity index (χ1n) is 7.16. The van der Waals surface area contributed by atoms with Crippen molar-refractivity contribution >= 4 is 17.5 Å². The minimum atomic E-state index is -0.330. The van der Waals surface area contributed by atoms with E-state index in [0.717, 1.165) is 5.56 Å². The lowest BCUT2D eigenvalue weighted by Gasteiger charge is -1.97. The predicted octanol–water partition coefficient (Wildman–Crippen LogP) is 2.07. The van der Waals surface area contributed by atoms with Crippen LogP contribution in [0.3, 0.4) is 0 Å². The molecule has 3 heterocycles. The maximum Gasteiger partial charge on any atom is 0.286 e. The number of nitrogens with zero attached hydrogens (tertiary/aromatic N) is 5. The van der Waals surface area contributed by atoms with Gasteiger partial charge in [0.2, 0.25) is 0 Å². The van der Waals surface area contributed by atoms with Gasteiger partial charge in [-0.2, -0.15) is 9.50 Å². The molecule has 8 nitrogen and oxygen atoms in total. The van der Waals surface area contributed by atoms with Crippen LogP contribution in [0.4, 0.5) is 0 Å². The van der Waals surface area contributed by atoms with E-state index in [0.29, 0.717) is 22.6 Å². The van der Waals surface area contributed by atoms with Crippen LogP contribution in [0.25, 0.3) is 17.2 Å². The second-order valence-corrected chi connectivity index (χ2v) is 6.00. The Labute approximate surface area is 140 Å². The molecule has 0 unspecified atom stereocenters.